The van der Waals surface area contributed by atoms with Gasteiger partial charge in [-0.25, -0.2) is 4.79 Å². The smallest absolute Gasteiger partial charge is 0.343 e. The van der Waals surface area contributed by atoms with E-state index in [2.05, 4.69) is 0 Å². The minimum atomic E-state index is -0.757. The Bertz CT molecular complexity index is 976. The predicted octanol–water partition coefficient (Wildman–Crippen LogP) is 2.70. The minimum Gasteiger partial charge on any atom is -0.508 e. The Hall–Kier alpha value is -3.35. The minimum absolute atomic E-state index is 0.00341. The monoisotopic (exact) mass is 313 g/mol. The number of benzene rings is 2. The predicted molar refractivity (Wildman–Crippen MR) is 81.7 cm³/mol. The van der Waals surface area contributed by atoms with Gasteiger partial charge in [0.15, 0.2) is 0 Å². The third-order valence-electron chi connectivity index (χ3n) is 3.46. The van der Waals surface area contributed by atoms with Gasteiger partial charge in [0.25, 0.3) is 5.69 Å². The van der Waals surface area contributed by atoms with Crippen LogP contribution in [0.2, 0.25) is 0 Å². The summed E-state index contributed by atoms with van der Waals surface area (Å²) in [5, 5.41) is 30.8. The number of nitrogens with zero attached hydrogens (tertiary/aromatic N) is 1. The van der Waals surface area contributed by atoms with Crippen molar-refractivity contribution in [2.45, 2.75) is 6.42 Å². The lowest BCUT2D eigenvalue weighted by Crippen LogP contribution is -2.08. The normalized spacial score (nSPS) is 10.8. The lowest BCUT2D eigenvalue weighted by atomic mass is 10.0. The number of hydrogen-bond acceptors (Lipinski definition) is 6. The SMILES string of the molecule is O=c1oc2cc(O)ccc2c(O)c1Cc1cccc([N+](=O)[O-])c1. The van der Waals surface area contributed by atoms with E-state index in [0.29, 0.717) is 5.56 Å². The molecule has 0 fully saturated rings. The molecule has 2 aromatic carbocycles. The quantitative estimate of drug-likeness (QED) is 0.436. The zero-order valence-electron chi connectivity index (χ0n) is 11.7. The molecule has 0 aliphatic rings. The molecule has 1 aromatic heterocycles. The van der Waals surface area contributed by atoms with E-state index in [1.165, 1.54) is 36.4 Å². The Morgan fingerprint density at radius 3 is 2.65 bits per heavy atom. The van der Waals surface area contributed by atoms with E-state index in [1.54, 1.807) is 6.07 Å². The maximum absolute atomic E-state index is 12.0. The van der Waals surface area contributed by atoms with Gasteiger partial charge >= 0.3 is 5.63 Å². The molecule has 1 heterocycles. The van der Waals surface area contributed by atoms with Crippen LogP contribution in [0.1, 0.15) is 11.1 Å². The Kier molecular flexibility index (Phi) is 3.46. The molecule has 0 aliphatic heterocycles. The van der Waals surface area contributed by atoms with Crippen molar-refractivity contribution in [3.05, 3.63) is 74.1 Å². The lowest BCUT2D eigenvalue weighted by molar-refractivity contribution is -0.384. The van der Waals surface area contributed by atoms with Crippen molar-refractivity contribution in [3.8, 4) is 11.5 Å². The van der Waals surface area contributed by atoms with Gasteiger partial charge in [-0.2, -0.15) is 0 Å². The third-order valence-corrected chi connectivity index (χ3v) is 3.46. The molecule has 0 atom stereocenters. The zero-order valence-corrected chi connectivity index (χ0v) is 11.7. The van der Waals surface area contributed by atoms with Crippen molar-refractivity contribution in [2.24, 2.45) is 0 Å². The van der Waals surface area contributed by atoms with Crippen LogP contribution in [0.4, 0.5) is 5.69 Å². The molecule has 0 spiro atoms. The third kappa shape index (κ3) is 2.71. The fourth-order valence-electron chi connectivity index (χ4n) is 2.35. The van der Waals surface area contributed by atoms with Gasteiger partial charge in [-0.15, -0.1) is 0 Å². The number of aromatic hydroxyl groups is 2. The molecule has 23 heavy (non-hydrogen) atoms. The average molecular weight is 313 g/mol. The van der Waals surface area contributed by atoms with E-state index in [1.807, 2.05) is 0 Å². The van der Waals surface area contributed by atoms with E-state index in [0.717, 1.165) is 0 Å². The topological polar surface area (TPSA) is 114 Å². The number of hydrogen-bond donors (Lipinski definition) is 2. The van der Waals surface area contributed by atoms with Crippen molar-refractivity contribution >= 4 is 16.7 Å². The standard InChI is InChI=1S/C16H11NO6/c18-11-4-5-12-14(8-11)23-16(20)13(15(12)19)7-9-2-1-3-10(6-9)17(21)22/h1-6,8,18-19H,7H2. The van der Waals surface area contributed by atoms with Crippen LogP contribution in [-0.2, 0) is 6.42 Å². The highest BCUT2D eigenvalue weighted by Gasteiger charge is 2.16. The van der Waals surface area contributed by atoms with Gasteiger partial charge < -0.3 is 14.6 Å². The molecule has 0 radical (unpaired) electrons. The van der Waals surface area contributed by atoms with E-state index in [9.17, 15) is 25.1 Å². The maximum Gasteiger partial charge on any atom is 0.343 e. The number of non-ortho nitro benzene ring substituents is 1. The fraction of sp³-hybridized carbons (Fsp3) is 0.0625. The number of phenols is 1. The largest absolute Gasteiger partial charge is 0.508 e. The van der Waals surface area contributed by atoms with Crippen LogP contribution in [0.3, 0.4) is 0 Å². The summed E-state index contributed by atoms with van der Waals surface area (Å²) in [5.74, 6) is -0.353. The number of rotatable bonds is 3. The molecular weight excluding hydrogens is 302 g/mol. The molecule has 3 aromatic rings. The van der Waals surface area contributed by atoms with Crippen molar-refractivity contribution in [2.75, 3.05) is 0 Å². The Morgan fingerprint density at radius 1 is 1.13 bits per heavy atom. The van der Waals surface area contributed by atoms with E-state index < -0.39 is 10.5 Å². The first-order valence-corrected chi connectivity index (χ1v) is 6.66. The average Bonchev–Trinajstić information content (AvgIpc) is 2.51. The molecule has 0 bridgehead atoms. The highest BCUT2D eigenvalue weighted by Crippen LogP contribution is 2.30. The van der Waals surface area contributed by atoms with Gasteiger partial charge in [0, 0.05) is 24.6 Å². The number of fused-ring (bicyclic) bond motifs is 1. The summed E-state index contributed by atoms with van der Waals surface area (Å²) in [6, 6.07) is 9.82. The van der Waals surface area contributed by atoms with Gasteiger partial charge in [-0.05, 0) is 17.7 Å². The summed E-state index contributed by atoms with van der Waals surface area (Å²) in [6.45, 7) is 0. The van der Waals surface area contributed by atoms with Crippen LogP contribution in [-0.4, -0.2) is 15.1 Å². The van der Waals surface area contributed by atoms with E-state index >= 15 is 0 Å². The second-order valence-corrected chi connectivity index (χ2v) is 5.00. The van der Waals surface area contributed by atoms with Gasteiger partial charge in [0.2, 0.25) is 0 Å². The van der Waals surface area contributed by atoms with Crippen LogP contribution in [0.25, 0.3) is 11.0 Å². The second-order valence-electron chi connectivity index (χ2n) is 5.00. The number of nitro benzene ring substituents is 1. The summed E-state index contributed by atoms with van der Waals surface area (Å²) in [7, 11) is 0. The zero-order chi connectivity index (χ0) is 16.6. The maximum atomic E-state index is 12.0. The first-order valence-electron chi connectivity index (χ1n) is 6.66. The van der Waals surface area contributed by atoms with Crippen LogP contribution in [0, 0.1) is 10.1 Å². The van der Waals surface area contributed by atoms with E-state index in [4.69, 9.17) is 4.42 Å². The highest BCUT2D eigenvalue weighted by atomic mass is 16.6. The lowest BCUT2D eigenvalue weighted by Gasteiger charge is -2.07. The van der Waals surface area contributed by atoms with Crippen molar-refractivity contribution in [3.63, 3.8) is 0 Å². The number of phenolic OH excluding ortho intramolecular Hbond substituents is 1. The molecule has 7 nitrogen and oxygen atoms in total. The van der Waals surface area contributed by atoms with Crippen molar-refractivity contribution < 1.29 is 19.6 Å². The molecule has 0 saturated carbocycles. The van der Waals surface area contributed by atoms with Crippen LogP contribution < -0.4 is 5.63 Å². The van der Waals surface area contributed by atoms with Crippen LogP contribution in [0.5, 0.6) is 11.5 Å². The van der Waals surface area contributed by atoms with Crippen LogP contribution >= 0.6 is 0 Å². The Morgan fingerprint density at radius 2 is 1.91 bits per heavy atom. The summed E-state index contributed by atoms with van der Waals surface area (Å²) >= 11 is 0. The molecule has 0 unspecified atom stereocenters. The molecule has 0 amide bonds. The second kappa shape index (κ2) is 5.45. The summed E-state index contributed by atoms with van der Waals surface area (Å²) in [6.07, 6.45) is -0.00728. The Balaban J connectivity index is 2.10. The molecule has 3 rings (SSSR count). The first-order chi connectivity index (χ1) is 11.0. The molecular formula is C16H11NO6. The molecule has 116 valence electrons. The van der Waals surface area contributed by atoms with Gasteiger partial charge in [-0.1, -0.05) is 12.1 Å². The summed E-state index contributed by atoms with van der Waals surface area (Å²) < 4.78 is 5.09. The van der Waals surface area contributed by atoms with Crippen molar-refractivity contribution in [1.29, 1.82) is 0 Å². The van der Waals surface area contributed by atoms with E-state index in [-0.39, 0.29) is 40.1 Å². The summed E-state index contributed by atoms with van der Waals surface area (Å²) in [5.41, 5.74) is -0.289. The highest BCUT2D eigenvalue weighted by molar-refractivity contribution is 5.85. The fourth-order valence-corrected chi connectivity index (χ4v) is 2.35. The Labute approximate surface area is 129 Å². The molecule has 0 aliphatic carbocycles. The van der Waals surface area contributed by atoms with Gasteiger partial charge in [0.1, 0.15) is 17.1 Å². The number of nitro groups is 1. The van der Waals surface area contributed by atoms with Gasteiger partial charge in [0.05, 0.1) is 15.9 Å². The molecule has 2 N–H and O–H groups in total. The molecule has 0 saturated heterocycles. The van der Waals surface area contributed by atoms with Crippen molar-refractivity contribution in [1.82, 2.24) is 0 Å². The molecule has 7 heteroatoms. The first kappa shape index (κ1) is 14.6. The van der Waals surface area contributed by atoms with Crippen LogP contribution in [0.15, 0.2) is 51.7 Å². The van der Waals surface area contributed by atoms with Gasteiger partial charge in [-0.3, -0.25) is 10.1 Å². The summed E-state index contributed by atoms with van der Waals surface area (Å²) in [4.78, 5) is 22.3.